The summed E-state index contributed by atoms with van der Waals surface area (Å²) < 4.78 is 7.08. The molecule has 0 N–H and O–H groups in total. The van der Waals surface area contributed by atoms with Crippen molar-refractivity contribution in [3.8, 4) is 5.75 Å². The third-order valence-corrected chi connectivity index (χ3v) is 3.06. The molecule has 0 bridgehead atoms. The minimum Gasteiger partial charge on any atom is -0.497 e. The van der Waals surface area contributed by atoms with Crippen LogP contribution in [0.4, 0.5) is 0 Å². The Kier molecular flexibility index (Phi) is 4.34. The van der Waals surface area contributed by atoms with Gasteiger partial charge in [0.1, 0.15) is 17.4 Å². The molecule has 1 aromatic heterocycles. The Bertz CT molecular complexity index is 544. The molecule has 0 amide bonds. The summed E-state index contributed by atoms with van der Waals surface area (Å²) in [5, 5.41) is 0. The average Bonchev–Trinajstić information content (AvgIpc) is 2.86. The van der Waals surface area contributed by atoms with Crippen LogP contribution in [0.1, 0.15) is 18.3 Å². The zero-order chi connectivity index (χ0) is 13.7. The predicted molar refractivity (Wildman–Crippen MR) is 73.3 cm³/mol. The zero-order valence-corrected chi connectivity index (χ0v) is 11.3. The molecule has 0 saturated carbocycles. The number of ketones is 1. The van der Waals surface area contributed by atoms with E-state index in [9.17, 15) is 4.79 Å². The summed E-state index contributed by atoms with van der Waals surface area (Å²) in [6.45, 7) is 2.88. The van der Waals surface area contributed by atoms with Crippen LogP contribution >= 0.6 is 0 Å². The van der Waals surface area contributed by atoms with Crippen LogP contribution in [0.5, 0.6) is 5.75 Å². The van der Waals surface area contributed by atoms with Gasteiger partial charge in [-0.2, -0.15) is 0 Å². The fourth-order valence-corrected chi connectivity index (χ4v) is 2.01. The van der Waals surface area contributed by atoms with Gasteiger partial charge in [0.25, 0.3) is 0 Å². The minimum atomic E-state index is 0.172. The van der Waals surface area contributed by atoms with Crippen molar-refractivity contribution in [1.29, 1.82) is 0 Å². The lowest BCUT2D eigenvalue weighted by Gasteiger charge is -2.05. The molecule has 100 valence electrons. The van der Waals surface area contributed by atoms with Crippen molar-refractivity contribution in [3.05, 3.63) is 48.0 Å². The monoisotopic (exact) mass is 258 g/mol. The van der Waals surface area contributed by atoms with Crippen LogP contribution < -0.4 is 4.74 Å². The number of aromatic nitrogens is 2. The number of Topliss-reactive ketones (excluding diaryl/α,β-unsaturated/α-hetero) is 1. The molecule has 2 aromatic rings. The number of imidazole rings is 1. The molecular formula is C15H18N2O2. The van der Waals surface area contributed by atoms with E-state index in [0.717, 1.165) is 23.7 Å². The van der Waals surface area contributed by atoms with Gasteiger partial charge in [0.2, 0.25) is 0 Å². The standard InChI is InChI=1S/C15H18N2O2/c1-3-17-9-8-16-15(17)11-13(18)10-12-4-6-14(19-2)7-5-12/h4-9H,3,10-11H2,1-2H3. The van der Waals surface area contributed by atoms with E-state index in [1.807, 2.05) is 42.0 Å². The zero-order valence-electron chi connectivity index (χ0n) is 11.3. The van der Waals surface area contributed by atoms with E-state index < -0.39 is 0 Å². The van der Waals surface area contributed by atoms with Crippen molar-refractivity contribution in [2.45, 2.75) is 26.3 Å². The first-order chi connectivity index (χ1) is 9.22. The van der Waals surface area contributed by atoms with Gasteiger partial charge in [0, 0.05) is 25.4 Å². The number of ether oxygens (including phenoxy) is 1. The SMILES string of the molecule is CCn1ccnc1CC(=O)Cc1ccc(OC)cc1. The number of hydrogen-bond donors (Lipinski definition) is 0. The minimum absolute atomic E-state index is 0.172. The van der Waals surface area contributed by atoms with Gasteiger partial charge >= 0.3 is 0 Å². The Morgan fingerprint density at radius 1 is 1.26 bits per heavy atom. The molecule has 4 nitrogen and oxygen atoms in total. The maximum atomic E-state index is 12.0. The average molecular weight is 258 g/mol. The smallest absolute Gasteiger partial charge is 0.144 e. The molecule has 0 atom stereocenters. The molecule has 0 fully saturated rings. The van der Waals surface area contributed by atoms with E-state index in [4.69, 9.17) is 4.74 Å². The summed E-state index contributed by atoms with van der Waals surface area (Å²) in [4.78, 5) is 16.2. The van der Waals surface area contributed by atoms with Gasteiger partial charge < -0.3 is 9.30 Å². The van der Waals surface area contributed by atoms with Crippen molar-refractivity contribution in [3.63, 3.8) is 0 Å². The van der Waals surface area contributed by atoms with E-state index >= 15 is 0 Å². The number of carbonyl (C=O) groups is 1. The highest BCUT2D eigenvalue weighted by Crippen LogP contribution is 2.12. The highest BCUT2D eigenvalue weighted by Gasteiger charge is 2.09. The van der Waals surface area contributed by atoms with Crippen molar-refractivity contribution < 1.29 is 9.53 Å². The second-order valence-corrected chi connectivity index (χ2v) is 4.37. The lowest BCUT2D eigenvalue weighted by Crippen LogP contribution is -2.11. The van der Waals surface area contributed by atoms with Crippen molar-refractivity contribution in [2.24, 2.45) is 0 Å². The first-order valence-electron chi connectivity index (χ1n) is 6.37. The molecule has 4 heteroatoms. The molecule has 19 heavy (non-hydrogen) atoms. The number of hydrogen-bond acceptors (Lipinski definition) is 3. The van der Waals surface area contributed by atoms with E-state index in [2.05, 4.69) is 4.98 Å². The first-order valence-corrected chi connectivity index (χ1v) is 6.37. The molecule has 0 aliphatic rings. The number of rotatable bonds is 6. The normalized spacial score (nSPS) is 10.4. The number of carbonyl (C=O) groups excluding carboxylic acids is 1. The molecule has 0 saturated heterocycles. The lowest BCUT2D eigenvalue weighted by atomic mass is 10.1. The van der Waals surface area contributed by atoms with Crippen molar-refractivity contribution in [2.75, 3.05) is 7.11 Å². The Morgan fingerprint density at radius 3 is 2.63 bits per heavy atom. The van der Waals surface area contributed by atoms with Crippen LogP contribution in [0.15, 0.2) is 36.7 Å². The Hall–Kier alpha value is -2.10. The Morgan fingerprint density at radius 2 is 2.00 bits per heavy atom. The maximum Gasteiger partial charge on any atom is 0.144 e. The molecule has 0 radical (unpaired) electrons. The van der Waals surface area contributed by atoms with E-state index in [-0.39, 0.29) is 5.78 Å². The molecule has 0 aliphatic carbocycles. The quantitative estimate of drug-likeness (QED) is 0.798. The Labute approximate surface area is 113 Å². The van der Waals surface area contributed by atoms with Gasteiger partial charge in [0.05, 0.1) is 13.5 Å². The molecule has 1 aromatic carbocycles. The Balaban J connectivity index is 1.97. The largest absolute Gasteiger partial charge is 0.497 e. The molecular weight excluding hydrogens is 240 g/mol. The van der Waals surface area contributed by atoms with Crippen molar-refractivity contribution >= 4 is 5.78 Å². The highest BCUT2D eigenvalue weighted by atomic mass is 16.5. The molecule has 0 aliphatic heterocycles. The number of aryl methyl sites for hydroxylation is 1. The van der Waals surface area contributed by atoms with Crippen LogP contribution in [0, 0.1) is 0 Å². The third-order valence-electron chi connectivity index (χ3n) is 3.06. The summed E-state index contributed by atoms with van der Waals surface area (Å²) in [5.74, 6) is 1.81. The van der Waals surface area contributed by atoms with Crippen molar-refractivity contribution in [1.82, 2.24) is 9.55 Å². The van der Waals surface area contributed by atoms with Crippen LogP contribution in [0.2, 0.25) is 0 Å². The number of benzene rings is 1. The van der Waals surface area contributed by atoms with Crippen LogP contribution in [-0.4, -0.2) is 22.4 Å². The van der Waals surface area contributed by atoms with Crippen LogP contribution in [0.3, 0.4) is 0 Å². The third kappa shape index (κ3) is 3.44. The summed E-state index contributed by atoms with van der Waals surface area (Å²) in [7, 11) is 1.63. The van der Waals surface area contributed by atoms with E-state index in [1.54, 1.807) is 13.3 Å². The summed E-state index contributed by atoms with van der Waals surface area (Å²) in [6.07, 6.45) is 4.45. The van der Waals surface area contributed by atoms with Gasteiger partial charge in [-0.25, -0.2) is 4.98 Å². The fraction of sp³-hybridized carbons (Fsp3) is 0.333. The summed E-state index contributed by atoms with van der Waals surface area (Å²) >= 11 is 0. The topological polar surface area (TPSA) is 44.1 Å². The van der Waals surface area contributed by atoms with Gasteiger partial charge in [-0.1, -0.05) is 12.1 Å². The van der Waals surface area contributed by atoms with Crippen LogP contribution in [-0.2, 0) is 24.2 Å². The first kappa shape index (κ1) is 13.3. The second kappa shape index (κ2) is 6.18. The summed E-state index contributed by atoms with van der Waals surface area (Å²) in [5.41, 5.74) is 1.00. The van der Waals surface area contributed by atoms with Gasteiger partial charge in [-0.15, -0.1) is 0 Å². The van der Waals surface area contributed by atoms with E-state index in [0.29, 0.717) is 12.8 Å². The maximum absolute atomic E-state index is 12.0. The molecule has 2 rings (SSSR count). The van der Waals surface area contributed by atoms with Crippen LogP contribution in [0.25, 0.3) is 0 Å². The summed E-state index contributed by atoms with van der Waals surface area (Å²) in [6, 6.07) is 7.58. The van der Waals surface area contributed by atoms with E-state index in [1.165, 1.54) is 0 Å². The predicted octanol–water partition coefficient (Wildman–Crippen LogP) is 2.27. The highest BCUT2D eigenvalue weighted by molar-refractivity contribution is 5.82. The van der Waals surface area contributed by atoms with Gasteiger partial charge in [-0.3, -0.25) is 4.79 Å². The lowest BCUT2D eigenvalue weighted by molar-refractivity contribution is -0.117. The second-order valence-electron chi connectivity index (χ2n) is 4.37. The van der Waals surface area contributed by atoms with Gasteiger partial charge in [-0.05, 0) is 24.6 Å². The fourth-order valence-electron chi connectivity index (χ4n) is 2.01. The molecule has 0 spiro atoms. The molecule has 1 heterocycles. The van der Waals surface area contributed by atoms with Gasteiger partial charge in [0.15, 0.2) is 0 Å². The molecule has 0 unspecified atom stereocenters. The number of nitrogens with zero attached hydrogens (tertiary/aromatic N) is 2. The number of methoxy groups -OCH3 is 1.